The van der Waals surface area contributed by atoms with Crippen molar-refractivity contribution in [3.05, 3.63) is 42.5 Å². The van der Waals surface area contributed by atoms with E-state index in [2.05, 4.69) is 22.5 Å². The lowest BCUT2D eigenvalue weighted by molar-refractivity contribution is 0.261. The minimum Gasteiger partial charge on any atom is -0.508 e. The molecule has 0 spiro atoms. The molecule has 27 heavy (non-hydrogen) atoms. The van der Waals surface area contributed by atoms with Crippen molar-refractivity contribution in [1.29, 1.82) is 0 Å². The molecule has 1 aromatic heterocycles. The van der Waals surface area contributed by atoms with Crippen molar-refractivity contribution in [1.82, 2.24) is 14.5 Å². The highest BCUT2D eigenvalue weighted by atomic mass is 16.5. The zero-order valence-corrected chi connectivity index (χ0v) is 16.5. The van der Waals surface area contributed by atoms with Crippen LogP contribution in [0, 0.1) is 0 Å². The van der Waals surface area contributed by atoms with Gasteiger partial charge in [0.2, 0.25) is 0 Å². The fraction of sp³-hybridized carbons (Fsp3) is 0.409. The molecule has 0 amide bonds. The van der Waals surface area contributed by atoms with Gasteiger partial charge in [0.05, 0.1) is 11.0 Å². The van der Waals surface area contributed by atoms with Crippen LogP contribution in [0.4, 0.5) is 0 Å². The van der Waals surface area contributed by atoms with Crippen LogP contribution in [0.1, 0.15) is 26.2 Å². The number of hydrogen-bond acceptors (Lipinski definition) is 4. The first-order valence-corrected chi connectivity index (χ1v) is 9.65. The van der Waals surface area contributed by atoms with Gasteiger partial charge in [-0.25, -0.2) is 4.98 Å². The summed E-state index contributed by atoms with van der Waals surface area (Å²) in [6, 6.07) is 13.4. The summed E-state index contributed by atoms with van der Waals surface area (Å²) in [7, 11) is 4.08. The van der Waals surface area contributed by atoms with Crippen LogP contribution in [-0.2, 0) is 6.54 Å². The minimum atomic E-state index is 0.257. The molecule has 0 aliphatic rings. The summed E-state index contributed by atoms with van der Waals surface area (Å²) in [4.78, 5) is 6.95. The van der Waals surface area contributed by atoms with Gasteiger partial charge >= 0.3 is 0 Å². The molecule has 0 radical (unpaired) electrons. The number of aromatic nitrogens is 2. The molecule has 144 valence electrons. The number of aromatic hydroxyl groups is 1. The second kappa shape index (κ2) is 8.91. The number of ether oxygens (including phenoxy) is 1. The minimum absolute atomic E-state index is 0.257. The number of benzene rings is 2. The number of fused-ring (bicyclic) bond motifs is 1. The van der Waals surface area contributed by atoms with E-state index in [0.29, 0.717) is 6.61 Å². The van der Waals surface area contributed by atoms with Crippen LogP contribution in [0.3, 0.4) is 0 Å². The van der Waals surface area contributed by atoms with Gasteiger partial charge in [0, 0.05) is 24.7 Å². The Balaban J connectivity index is 1.97. The van der Waals surface area contributed by atoms with E-state index in [4.69, 9.17) is 9.72 Å². The van der Waals surface area contributed by atoms with Crippen LogP contribution in [0.5, 0.6) is 11.5 Å². The van der Waals surface area contributed by atoms with E-state index in [1.54, 1.807) is 12.1 Å². The fourth-order valence-electron chi connectivity index (χ4n) is 3.15. The molecular formula is C22H29N3O2. The molecule has 2 aromatic carbocycles. The summed E-state index contributed by atoms with van der Waals surface area (Å²) in [6.07, 6.45) is 3.45. The summed E-state index contributed by atoms with van der Waals surface area (Å²) < 4.78 is 8.17. The molecule has 0 saturated carbocycles. The van der Waals surface area contributed by atoms with E-state index in [0.717, 1.165) is 47.7 Å². The third-order valence-electron chi connectivity index (χ3n) is 4.62. The first kappa shape index (κ1) is 19.2. The maximum atomic E-state index is 9.88. The van der Waals surface area contributed by atoms with Gasteiger partial charge in [0.1, 0.15) is 23.9 Å². The van der Waals surface area contributed by atoms with Gasteiger partial charge in [-0.05, 0) is 44.8 Å². The van der Waals surface area contributed by atoms with Gasteiger partial charge in [-0.3, -0.25) is 0 Å². The summed E-state index contributed by atoms with van der Waals surface area (Å²) in [5.74, 6) is 2.01. The maximum absolute atomic E-state index is 9.88. The van der Waals surface area contributed by atoms with E-state index in [9.17, 15) is 5.11 Å². The van der Waals surface area contributed by atoms with Crippen molar-refractivity contribution < 1.29 is 9.84 Å². The summed E-state index contributed by atoms with van der Waals surface area (Å²) in [5.41, 5.74) is 2.95. The van der Waals surface area contributed by atoms with Crippen LogP contribution < -0.4 is 4.74 Å². The smallest absolute Gasteiger partial charge is 0.141 e. The average Bonchev–Trinajstić information content (AvgIpc) is 3.00. The molecule has 0 aliphatic heterocycles. The van der Waals surface area contributed by atoms with Gasteiger partial charge in [0.15, 0.2) is 0 Å². The predicted octanol–water partition coefficient (Wildman–Crippen LogP) is 4.54. The Morgan fingerprint density at radius 3 is 2.70 bits per heavy atom. The number of nitrogens with zero attached hydrogens (tertiary/aromatic N) is 3. The number of unbranched alkanes of at least 4 members (excludes halogenated alkanes) is 2. The molecular weight excluding hydrogens is 338 g/mol. The van der Waals surface area contributed by atoms with Crippen LogP contribution in [0.2, 0.25) is 0 Å². The molecule has 0 atom stereocenters. The molecule has 0 fully saturated rings. The number of rotatable bonds is 9. The van der Waals surface area contributed by atoms with E-state index < -0.39 is 0 Å². The predicted molar refractivity (Wildman–Crippen MR) is 110 cm³/mol. The molecule has 0 aliphatic carbocycles. The third kappa shape index (κ3) is 4.80. The van der Waals surface area contributed by atoms with E-state index in [1.807, 2.05) is 38.4 Å². The molecule has 3 aromatic rings. The number of imidazole rings is 1. The van der Waals surface area contributed by atoms with Crippen molar-refractivity contribution in [2.75, 3.05) is 27.2 Å². The molecule has 3 rings (SSSR count). The summed E-state index contributed by atoms with van der Waals surface area (Å²) >= 11 is 0. The van der Waals surface area contributed by atoms with Gasteiger partial charge < -0.3 is 19.3 Å². The number of phenolic OH excluding ortho intramolecular Hbond substituents is 1. The molecule has 0 bridgehead atoms. The number of hydrogen-bond donors (Lipinski definition) is 1. The number of aryl methyl sites for hydroxylation is 1. The lowest BCUT2D eigenvalue weighted by atomic mass is 10.2. The second-order valence-corrected chi connectivity index (χ2v) is 7.15. The zero-order valence-electron chi connectivity index (χ0n) is 16.5. The van der Waals surface area contributed by atoms with Crippen LogP contribution >= 0.6 is 0 Å². The second-order valence-electron chi connectivity index (χ2n) is 7.15. The van der Waals surface area contributed by atoms with Crippen molar-refractivity contribution in [2.45, 2.75) is 32.7 Å². The topological polar surface area (TPSA) is 50.5 Å². The first-order valence-electron chi connectivity index (χ1n) is 9.65. The van der Waals surface area contributed by atoms with Crippen LogP contribution in [0.25, 0.3) is 22.4 Å². The first-order chi connectivity index (χ1) is 13.1. The summed E-state index contributed by atoms with van der Waals surface area (Å²) in [5, 5.41) is 9.88. The van der Waals surface area contributed by atoms with Gasteiger partial charge in [0.25, 0.3) is 0 Å². The monoisotopic (exact) mass is 367 g/mol. The van der Waals surface area contributed by atoms with E-state index >= 15 is 0 Å². The van der Waals surface area contributed by atoms with Crippen LogP contribution in [-0.4, -0.2) is 46.8 Å². The molecule has 0 saturated heterocycles. The number of phenols is 1. The van der Waals surface area contributed by atoms with E-state index in [1.165, 1.54) is 12.8 Å². The normalized spacial score (nSPS) is 11.4. The molecule has 5 heteroatoms. The highest BCUT2D eigenvalue weighted by molar-refractivity contribution is 5.82. The highest BCUT2D eigenvalue weighted by Gasteiger charge is 2.14. The van der Waals surface area contributed by atoms with Gasteiger partial charge in [-0.2, -0.15) is 0 Å². The zero-order chi connectivity index (χ0) is 19.2. The van der Waals surface area contributed by atoms with Crippen molar-refractivity contribution >= 4 is 11.0 Å². The van der Waals surface area contributed by atoms with E-state index in [-0.39, 0.29) is 5.75 Å². The van der Waals surface area contributed by atoms with Gasteiger partial charge in [-0.1, -0.05) is 31.9 Å². The Hall–Kier alpha value is -2.53. The highest BCUT2D eigenvalue weighted by Crippen LogP contribution is 2.29. The largest absolute Gasteiger partial charge is 0.508 e. The Morgan fingerprint density at radius 2 is 1.96 bits per heavy atom. The van der Waals surface area contributed by atoms with Crippen molar-refractivity contribution in [2.24, 2.45) is 0 Å². The third-order valence-corrected chi connectivity index (χ3v) is 4.62. The Kier molecular flexibility index (Phi) is 6.35. The molecule has 1 heterocycles. The molecule has 5 nitrogen and oxygen atoms in total. The number of likely N-dealkylation sites (N-methyl/N-ethyl adjacent to an activating group) is 1. The standard InChI is InChI=1S/C22H29N3O2/c1-4-5-6-12-25-21-16-19(27-14-13-24(2)3)10-11-20(21)23-22(25)17-8-7-9-18(26)15-17/h7-11,15-16,26H,4-6,12-14H2,1-3H3. The SMILES string of the molecule is CCCCCn1c(-c2cccc(O)c2)nc2ccc(OCCN(C)C)cc21. The lowest BCUT2D eigenvalue weighted by Crippen LogP contribution is -2.19. The fourth-order valence-corrected chi connectivity index (χ4v) is 3.15. The quantitative estimate of drug-likeness (QED) is 0.564. The lowest BCUT2D eigenvalue weighted by Gasteiger charge is -2.12. The van der Waals surface area contributed by atoms with Crippen LogP contribution in [0.15, 0.2) is 42.5 Å². The van der Waals surface area contributed by atoms with Gasteiger partial charge in [-0.15, -0.1) is 0 Å². The molecule has 1 N–H and O–H groups in total. The maximum Gasteiger partial charge on any atom is 0.141 e. The van der Waals surface area contributed by atoms with Crippen molar-refractivity contribution in [3.8, 4) is 22.9 Å². The Bertz CT molecular complexity index is 886. The Labute approximate surface area is 161 Å². The Morgan fingerprint density at radius 1 is 1.11 bits per heavy atom. The average molecular weight is 367 g/mol. The molecule has 0 unspecified atom stereocenters. The van der Waals surface area contributed by atoms with Crippen molar-refractivity contribution in [3.63, 3.8) is 0 Å². The summed E-state index contributed by atoms with van der Waals surface area (Å²) in [6.45, 7) is 4.64.